The van der Waals surface area contributed by atoms with Crippen LogP contribution < -0.4 is 4.74 Å². The SMILES string of the molecule is CCCc1nc(COc2cc(C)ccc2C)sc1C(C)=O. The number of thiazole rings is 1. The molecule has 2 aromatic rings. The van der Waals surface area contributed by atoms with Crippen molar-refractivity contribution < 1.29 is 9.53 Å². The molecule has 3 nitrogen and oxygen atoms in total. The van der Waals surface area contributed by atoms with Crippen LogP contribution in [0.15, 0.2) is 18.2 Å². The van der Waals surface area contributed by atoms with Gasteiger partial charge in [0.1, 0.15) is 17.4 Å². The van der Waals surface area contributed by atoms with Crippen LogP contribution in [0.3, 0.4) is 0 Å². The monoisotopic (exact) mass is 303 g/mol. The van der Waals surface area contributed by atoms with Crippen molar-refractivity contribution in [2.75, 3.05) is 0 Å². The minimum Gasteiger partial charge on any atom is -0.486 e. The Morgan fingerprint density at radius 2 is 2.10 bits per heavy atom. The lowest BCUT2D eigenvalue weighted by molar-refractivity contribution is 0.102. The molecule has 0 radical (unpaired) electrons. The second-order valence-electron chi connectivity index (χ2n) is 5.25. The Kier molecular flexibility index (Phi) is 5.12. The standard InChI is InChI=1S/C17H21NO2S/c1-5-6-14-17(13(4)19)21-16(18-14)10-20-15-9-11(2)7-8-12(15)3/h7-9H,5-6,10H2,1-4H3. The second-order valence-corrected chi connectivity index (χ2v) is 6.33. The zero-order valence-electron chi connectivity index (χ0n) is 13.0. The molecule has 0 bridgehead atoms. The van der Waals surface area contributed by atoms with Crippen LogP contribution in [0, 0.1) is 13.8 Å². The summed E-state index contributed by atoms with van der Waals surface area (Å²) in [4.78, 5) is 17.0. The fourth-order valence-corrected chi connectivity index (χ4v) is 3.06. The summed E-state index contributed by atoms with van der Waals surface area (Å²) in [5.41, 5.74) is 3.19. The summed E-state index contributed by atoms with van der Waals surface area (Å²) in [6.07, 6.45) is 1.83. The lowest BCUT2D eigenvalue weighted by Crippen LogP contribution is -1.98. The van der Waals surface area contributed by atoms with Crippen LogP contribution in [0.25, 0.3) is 0 Å². The van der Waals surface area contributed by atoms with Gasteiger partial charge in [-0.2, -0.15) is 0 Å². The Balaban J connectivity index is 2.14. The van der Waals surface area contributed by atoms with Gasteiger partial charge in [0, 0.05) is 6.92 Å². The van der Waals surface area contributed by atoms with Gasteiger partial charge in [0.05, 0.1) is 10.6 Å². The summed E-state index contributed by atoms with van der Waals surface area (Å²) in [6, 6.07) is 6.15. The van der Waals surface area contributed by atoms with Gasteiger partial charge in [0.25, 0.3) is 0 Å². The molecule has 0 spiro atoms. The van der Waals surface area contributed by atoms with E-state index in [1.165, 1.54) is 16.9 Å². The van der Waals surface area contributed by atoms with E-state index in [0.717, 1.165) is 39.7 Å². The number of ketones is 1. The van der Waals surface area contributed by atoms with Gasteiger partial charge in [-0.25, -0.2) is 4.98 Å². The van der Waals surface area contributed by atoms with Crippen LogP contribution in [0.5, 0.6) is 5.75 Å². The minimum atomic E-state index is 0.0916. The van der Waals surface area contributed by atoms with E-state index >= 15 is 0 Å². The van der Waals surface area contributed by atoms with E-state index in [0.29, 0.717) is 6.61 Å². The van der Waals surface area contributed by atoms with E-state index in [1.54, 1.807) is 6.92 Å². The van der Waals surface area contributed by atoms with Crippen molar-refractivity contribution in [1.29, 1.82) is 0 Å². The molecule has 0 amide bonds. The Morgan fingerprint density at radius 3 is 2.76 bits per heavy atom. The second kappa shape index (κ2) is 6.85. The van der Waals surface area contributed by atoms with Crippen molar-refractivity contribution in [3.05, 3.63) is 44.9 Å². The normalized spacial score (nSPS) is 10.7. The van der Waals surface area contributed by atoms with Crippen LogP contribution in [-0.2, 0) is 13.0 Å². The highest BCUT2D eigenvalue weighted by Gasteiger charge is 2.14. The van der Waals surface area contributed by atoms with E-state index in [-0.39, 0.29) is 5.78 Å². The predicted octanol–water partition coefficient (Wildman–Crippen LogP) is 4.49. The highest BCUT2D eigenvalue weighted by atomic mass is 32.1. The van der Waals surface area contributed by atoms with Gasteiger partial charge in [-0.3, -0.25) is 4.79 Å². The van der Waals surface area contributed by atoms with E-state index in [4.69, 9.17) is 4.74 Å². The van der Waals surface area contributed by atoms with Crippen molar-refractivity contribution in [3.8, 4) is 5.75 Å². The van der Waals surface area contributed by atoms with E-state index < -0.39 is 0 Å². The van der Waals surface area contributed by atoms with E-state index in [9.17, 15) is 4.79 Å². The van der Waals surface area contributed by atoms with Crippen LogP contribution in [0.2, 0.25) is 0 Å². The van der Waals surface area contributed by atoms with Crippen molar-refractivity contribution in [3.63, 3.8) is 0 Å². The van der Waals surface area contributed by atoms with Gasteiger partial charge in [0.2, 0.25) is 0 Å². The number of carbonyl (C=O) groups excluding carboxylic acids is 1. The number of ether oxygens (including phenoxy) is 1. The molecule has 112 valence electrons. The fraction of sp³-hybridized carbons (Fsp3) is 0.412. The highest BCUT2D eigenvalue weighted by Crippen LogP contribution is 2.24. The molecular weight excluding hydrogens is 282 g/mol. The van der Waals surface area contributed by atoms with Gasteiger partial charge < -0.3 is 4.74 Å². The lowest BCUT2D eigenvalue weighted by atomic mass is 10.1. The first-order valence-electron chi connectivity index (χ1n) is 7.20. The van der Waals surface area contributed by atoms with Crippen molar-refractivity contribution in [2.45, 2.75) is 47.1 Å². The van der Waals surface area contributed by atoms with E-state index in [2.05, 4.69) is 24.0 Å². The molecule has 0 fully saturated rings. The summed E-state index contributed by atoms with van der Waals surface area (Å²) in [5, 5.41) is 0.865. The smallest absolute Gasteiger partial charge is 0.171 e. The number of hydrogen-bond donors (Lipinski definition) is 0. The third-order valence-electron chi connectivity index (χ3n) is 3.24. The number of hydrogen-bond acceptors (Lipinski definition) is 4. The first-order valence-corrected chi connectivity index (χ1v) is 8.02. The molecule has 2 rings (SSSR count). The lowest BCUT2D eigenvalue weighted by Gasteiger charge is -2.08. The number of rotatable bonds is 6. The molecule has 0 atom stereocenters. The Bertz CT molecular complexity index is 646. The molecule has 0 aliphatic rings. The van der Waals surface area contributed by atoms with Gasteiger partial charge >= 0.3 is 0 Å². The summed E-state index contributed by atoms with van der Waals surface area (Å²) < 4.78 is 5.87. The zero-order valence-corrected chi connectivity index (χ0v) is 13.8. The maximum Gasteiger partial charge on any atom is 0.171 e. The van der Waals surface area contributed by atoms with Crippen LogP contribution in [-0.4, -0.2) is 10.8 Å². The molecule has 1 heterocycles. The first kappa shape index (κ1) is 15.7. The molecule has 0 N–H and O–H groups in total. The number of aromatic nitrogens is 1. The van der Waals surface area contributed by atoms with Crippen molar-refractivity contribution in [2.24, 2.45) is 0 Å². The third kappa shape index (κ3) is 3.91. The average Bonchev–Trinajstić information content (AvgIpc) is 2.84. The average molecular weight is 303 g/mol. The topological polar surface area (TPSA) is 39.2 Å². The third-order valence-corrected chi connectivity index (χ3v) is 4.41. The van der Waals surface area contributed by atoms with Gasteiger partial charge in [0.15, 0.2) is 5.78 Å². The summed E-state index contributed by atoms with van der Waals surface area (Å²) in [7, 11) is 0. The zero-order chi connectivity index (χ0) is 15.4. The molecule has 21 heavy (non-hydrogen) atoms. The van der Waals surface area contributed by atoms with Crippen molar-refractivity contribution >= 4 is 17.1 Å². The van der Waals surface area contributed by atoms with Crippen LogP contribution in [0.1, 0.15) is 51.8 Å². The van der Waals surface area contributed by atoms with Gasteiger partial charge in [-0.1, -0.05) is 25.5 Å². The number of nitrogens with zero attached hydrogens (tertiary/aromatic N) is 1. The van der Waals surface area contributed by atoms with Crippen LogP contribution >= 0.6 is 11.3 Å². The molecule has 0 aliphatic heterocycles. The molecule has 0 aliphatic carbocycles. The highest BCUT2D eigenvalue weighted by molar-refractivity contribution is 7.13. The number of carbonyl (C=O) groups is 1. The molecule has 4 heteroatoms. The fourth-order valence-electron chi connectivity index (χ4n) is 2.15. The van der Waals surface area contributed by atoms with E-state index in [1.807, 2.05) is 19.9 Å². The molecule has 0 saturated heterocycles. The summed E-state index contributed by atoms with van der Waals surface area (Å²) >= 11 is 1.45. The predicted molar refractivity (Wildman–Crippen MR) is 86.4 cm³/mol. The summed E-state index contributed by atoms with van der Waals surface area (Å²) in [6.45, 7) is 8.18. The molecule has 0 saturated carbocycles. The first-order chi connectivity index (χ1) is 10.0. The number of Topliss-reactive ketones (excluding diaryl/α,β-unsaturated/α-hetero) is 1. The number of benzene rings is 1. The Hall–Kier alpha value is -1.68. The maximum absolute atomic E-state index is 11.7. The molecular formula is C17H21NO2S. The van der Waals surface area contributed by atoms with Gasteiger partial charge in [-0.05, 0) is 37.5 Å². The quantitative estimate of drug-likeness (QED) is 0.738. The van der Waals surface area contributed by atoms with Gasteiger partial charge in [-0.15, -0.1) is 11.3 Å². The minimum absolute atomic E-state index is 0.0916. The Labute approximate surface area is 130 Å². The maximum atomic E-state index is 11.7. The molecule has 0 unspecified atom stereocenters. The molecule has 1 aromatic carbocycles. The number of aryl methyl sites for hydroxylation is 3. The molecule has 1 aromatic heterocycles. The van der Waals surface area contributed by atoms with Crippen molar-refractivity contribution in [1.82, 2.24) is 4.98 Å². The summed E-state index contributed by atoms with van der Waals surface area (Å²) in [5.74, 6) is 0.973. The van der Waals surface area contributed by atoms with Crippen LogP contribution in [0.4, 0.5) is 0 Å². The largest absolute Gasteiger partial charge is 0.486 e. The Morgan fingerprint density at radius 1 is 1.33 bits per heavy atom.